The molecule has 4 rings (SSSR count). The second-order valence-corrected chi connectivity index (χ2v) is 7.83. The molecular weight excluding hydrogens is 394 g/mol. The summed E-state index contributed by atoms with van der Waals surface area (Å²) in [5, 5.41) is 6.66. The monoisotopic (exact) mass is 421 g/mol. The highest BCUT2D eigenvalue weighted by Gasteiger charge is 2.18. The maximum absolute atomic E-state index is 12.2. The van der Waals surface area contributed by atoms with Gasteiger partial charge in [-0.1, -0.05) is 11.2 Å². The van der Waals surface area contributed by atoms with E-state index in [0.717, 1.165) is 39.1 Å². The number of rotatable bonds is 7. The van der Waals surface area contributed by atoms with Crippen molar-refractivity contribution in [3.8, 4) is 11.4 Å². The van der Waals surface area contributed by atoms with Gasteiger partial charge >= 0.3 is 11.8 Å². The zero-order chi connectivity index (χ0) is 21.6. The van der Waals surface area contributed by atoms with E-state index >= 15 is 0 Å². The molecule has 1 aliphatic rings. The third-order valence-corrected chi connectivity index (χ3v) is 5.32. The highest BCUT2D eigenvalue weighted by atomic mass is 16.5. The van der Waals surface area contributed by atoms with Gasteiger partial charge in [0.2, 0.25) is 5.82 Å². The normalized spacial score (nSPS) is 14.6. The van der Waals surface area contributed by atoms with Crippen LogP contribution in [0.3, 0.4) is 0 Å². The third-order valence-electron chi connectivity index (χ3n) is 5.32. The summed E-state index contributed by atoms with van der Waals surface area (Å²) in [5.41, 5.74) is 4.52. The minimum Gasteiger partial charge on any atom is -0.369 e. The number of aryl methyl sites for hydroxylation is 2. The van der Waals surface area contributed by atoms with Crippen LogP contribution in [-0.4, -0.2) is 70.2 Å². The lowest BCUT2D eigenvalue weighted by Gasteiger charge is -2.36. The van der Waals surface area contributed by atoms with Crippen LogP contribution in [0.5, 0.6) is 0 Å². The van der Waals surface area contributed by atoms with Crippen molar-refractivity contribution in [1.29, 1.82) is 0 Å². The Morgan fingerprint density at radius 1 is 1.06 bits per heavy atom. The molecule has 1 aromatic carbocycles. The first-order valence-electron chi connectivity index (χ1n) is 10.5. The SMILES string of the molecule is Cc1cc(C)cc(N2CCN(CCCNC(=O)c3nc(-c4cncnc4)no3)CC2)c1. The van der Waals surface area contributed by atoms with Gasteiger partial charge in [-0.3, -0.25) is 9.69 Å². The molecule has 0 spiro atoms. The van der Waals surface area contributed by atoms with Crippen molar-refractivity contribution in [2.45, 2.75) is 20.3 Å². The van der Waals surface area contributed by atoms with E-state index < -0.39 is 0 Å². The Bertz CT molecular complexity index is 993. The van der Waals surface area contributed by atoms with Gasteiger partial charge in [0, 0.05) is 50.8 Å². The zero-order valence-corrected chi connectivity index (χ0v) is 17.9. The Hall–Kier alpha value is -3.33. The Morgan fingerprint density at radius 2 is 1.77 bits per heavy atom. The number of amides is 1. The van der Waals surface area contributed by atoms with Crippen molar-refractivity contribution >= 4 is 11.6 Å². The Morgan fingerprint density at radius 3 is 2.48 bits per heavy atom. The Labute approximate surface area is 181 Å². The van der Waals surface area contributed by atoms with Crippen LogP contribution in [0, 0.1) is 13.8 Å². The zero-order valence-electron chi connectivity index (χ0n) is 17.9. The van der Waals surface area contributed by atoms with Gasteiger partial charge in [0.1, 0.15) is 6.33 Å². The quantitative estimate of drug-likeness (QED) is 0.579. The second-order valence-electron chi connectivity index (χ2n) is 7.83. The van der Waals surface area contributed by atoms with Crippen LogP contribution in [0.15, 0.2) is 41.4 Å². The summed E-state index contributed by atoms with van der Waals surface area (Å²) in [4.78, 5) is 29.1. The van der Waals surface area contributed by atoms with E-state index in [1.807, 2.05) is 0 Å². The van der Waals surface area contributed by atoms with Crippen LogP contribution in [0.4, 0.5) is 5.69 Å². The van der Waals surface area contributed by atoms with Crippen molar-refractivity contribution in [3.63, 3.8) is 0 Å². The van der Waals surface area contributed by atoms with Gasteiger partial charge in [-0.15, -0.1) is 0 Å². The maximum atomic E-state index is 12.2. The standard InChI is InChI=1S/C22H27N7O2/c1-16-10-17(2)12-19(11-16)29-8-6-28(7-9-29)5-3-4-25-21(30)22-26-20(27-31-22)18-13-23-15-24-14-18/h10-15H,3-9H2,1-2H3,(H,25,30). The van der Waals surface area contributed by atoms with Crippen molar-refractivity contribution in [2.75, 3.05) is 44.2 Å². The molecule has 31 heavy (non-hydrogen) atoms. The largest absolute Gasteiger partial charge is 0.369 e. The number of aromatic nitrogens is 4. The van der Waals surface area contributed by atoms with E-state index in [4.69, 9.17) is 4.52 Å². The number of hydrogen-bond acceptors (Lipinski definition) is 8. The molecule has 1 N–H and O–H groups in total. The van der Waals surface area contributed by atoms with Crippen molar-refractivity contribution < 1.29 is 9.32 Å². The average Bonchev–Trinajstić information content (AvgIpc) is 3.27. The van der Waals surface area contributed by atoms with E-state index in [1.165, 1.54) is 23.1 Å². The molecule has 0 unspecified atom stereocenters. The molecule has 1 aliphatic heterocycles. The van der Waals surface area contributed by atoms with Gasteiger partial charge in [-0.2, -0.15) is 4.98 Å². The number of anilines is 1. The first kappa shape index (κ1) is 20.9. The topological polar surface area (TPSA) is 100 Å². The first-order chi connectivity index (χ1) is 15.1. The first-order valence-corrected chi connectivity index (χ1v) is 10.5. The molecule has 0 saturated carbocycles. The smallest absolute Gasteiger partial charge is 0.316 e. The van der Waals surface area contributed by atoms with E-state index in [2.05, 4.69) is 67.3 Å². The van der Waals surface area contributed by atoms with Gasteiger partial charge < -0.3 is 14.7 Å². The predicted molar refractivity (Wildman–Crippen MR) is 117 cm³/mol. The summed E-state index contributed by atoms with van der Waals surface area (Å²) in [6.45, 7) is 9.87. The Balaban J connectivity index is 1.18. The van der Waals surface area contributed by atoms with Crippen LogP contribution in [-0.2, 0) is 0 Å². The number of piperazine rings is 1. The van der Waals surface area contributed by atoms with Crippen LogP contribution in [0.2, 0.25) is 0 Å². The highest BCUT2D eigenvalue weighted by molar-refractivity contribution is 5.89. The molecule has 3 aromatic rings. The summed E-state index contributed by atoms with van der Waals surface area (Å²) in [6, 6.07) is 6.72. The maximum Gasteiger partial charge on any atom is 0.316 e. The lowest BCUT2D eigenvalue weighted by molar-refractivity contribution is 0.0907. The van der Waals surface area contributed by atoms with Crippen LogP contribution < -0.4 is 10.2 Å². The summed E-state index contributed by atoms with van der Waals surface area (Å²) in [7, 11) is 0. The fourth-order valence-corrected chi connectivity index (χ4v) is 3.79. The van der Waals surface area contributed by atoms with Crippen LogP contribution >= 0.6 is 0 Å². The molecular formula is C22H27N7O2. The fraction of sp³-hybridized carbons (Fsp3) is 0.409. The summed E-state index contributed by atoms with van der Waals surface area (Å²) >= 11 is 0. The number of benzene rings is 1. The second kappa shape index (κ2) is 9.65. The number of nitrogens with one attached hydrogen (secondary N) is 1. The number of carbonyl (C=O) groups excluding carboxylic acids is 1. The van der Waals surface area contributed by atoms with Gasteiger partial charge in [0.05, 0.1) is 5.56 Å². The lowest BCUT2D eigenvalue weighted by Crippen LogP contribution is -2.47. The number of hydrogen-bond donors (Lipinski definition) is 1. The molecule has 9 nitrogen and oxygen atoms in total. The van der Waals surface area contributed by atoms with E-state index in [1.54, 1.807) is 12.4 Å². The molecule has 0 aliphatic carbocycles. The molecule has 0 atom stereocenters. The summed E-state index contributed by atoms with van der Waals surface area (Å²) in [6.07, 6.45) is 5.42. The van der Waals surface area contributed by atoms with E-state index in [0.29, 0.717) is 17.9 Å². The molecule has 1 fully saturated rings. The number of carbonyl (C=O) groups is 1. The van der Waals surface area contributed by atoms with E-state index in [-0.39, 0.29) is 11.8 Å². The third kappa shape index (κ3) is 5.43. The molecule has 0 bridgehead atoms. The fourth-order valence-electron chi connectivity index (χ4n) is 3.79. The lowest BCUT2D eigenvalue weighted by atomic mass is 10.1. The Kier molecular flexibility index (Phi) is 6.51. The van der Waals surface area contributed by atoms with Crippen molar-refractivity contribution in [3.05, 3.63) is 53.9 Å². The molecule has 2 aromatic heterocycles. The van der Waals surface area contributed by atoms with Gasteiger partial charge in [-0.25, -0.2) is 9.97 Å². The molecule has 9 heteroatoms. The highest BCUT2D eigenvalue weighted by Crippen LogP contribution is 2.20. The van der Waals surface area contributed by atoms with Crippen molar-refractivity contribution in [2.24, 2.45) is 0 Å². The number of nitrogens with zero attached hydrogens (tertiary/aromatic N) is 6. The molecule has 3 heterocycles. The van der Waals surface area contributed by atoms with Crippen molar-refractivity contribution in [1.82, 2.24) is 30.3 Å². The molecule has 0 radical (unpaired) electrons. The average molecular weight is 422 g/mol. The molecule has 1 amide bonds. The summed E-state index contributed by atoms with van der Waals surface area (Å²) < 4.78 is 5.05. The van der Waals surface area contributed by atoms with Crippen LogP contribution in [0.25, 0.3) is 11.4 Å². The summed E-state index contributed by atoms with van der Waals surface area (Å²) in [5.74, 6) is -0.122. The minimum absolute atomic E-state index is 0.0547. The minimum atomic E-state index is -0.366. The van der Waals surface area contributed by atoms with Crippen LogP contribution in [0.1, 0.15) is 28.2 Å². The van der Waals surface area contributed by atoms with Gasteiger partial charge in [-0.05, 0) is 50.1 Å². The van der Waals surface area contributed by atoms with E-state index in [9.17, 15) is 4.79 Å². The predicted octanol–water partition coefficient (Wildman–Crippen LogP) is 2.09. The molecule has 1 saturated heterocycles. The molecule has 162 valence electrons. The van der Waals surface area contributed by atoms with Gasteiger partial charge in [0.25, 0.3) is 0 Å². The van der Waals surface area contributed by atoms with Gasteiger partial charge in [0.15, 0.2) is 0 Å².